The van der Waals surface area contributed by atoms with E-state index >= 15 is 47.9 Å². The average molecular weight is 2040 g/mol. The lowest BCUT2D eigenvalue weighted by molar-refractivity contribution is -0.145. The third-order valence-electron chi connectivity index (χ3n) is 24.4. The number of hydrogen-bond acceptors (Lipinski definition) is 28. The van der Waals surface area contributed by atoms with Gasteiger partial charge in [-0.3, -0.25) is 77.9 Å². The minimum absolute atomic E-state index is 0.0593. The maximum Gasteiger partial charge on any atom is 0.326 e. The van der Waals surface area contributed by atoms with Crippen LogP contribution in [-0.4, -0.2) is 340 Å². The molecule has 0 spiro atoms. The van der Waals surface area contributed by atoms with Crippen molar-refractivity contribution in [1.82, 2.24) is 114 Å². The van der Waals surface area contributed by atoms with Gasteiger partial charge in [0.15, 0.2) is 11.9 Å². The molecule has 5 aliphatic rings. The fourth-order valence-electron chi connectivity index (χ4n) is 17.3. The molecule has 46 nitrogen and oxygen atoms in total. The number of aromatic hydroxyl groups is 2. The first kappa shape index (κ1) is 109. The van der Waals surface area contributed by atoms with Crippen molar-refractivity contribution < 1.29 is 97.1 Å². The molecule has 764 valence electrons. The highest BCUT2D eigenvalue weighted by Gasteiger charge is 2.49. The third kappa shape index (κ3) is 32.2. The number of nitrogens with zero attached hydrogens (tertiary/aromatic N) is 6. The molecule has 5 fully saturated rings. The number of phenols is 2. The number of guanidine groups is 2. The number of phenolic OH excluding ortho intramolecular Hbond substituents is 2. The van der Waals surface area contributed by atoms with Gasteiger partial charge in [-0.1, -0.05) is 128 Å². The summed E-state index contributed by atoms with van der Waals surface area (Å²) < 4.78 is 0. The molecular formula is C92H122N26O20S4. The molecule has 50 heteroatoms. The summed E-state index contributed by atoms with van der Waals surface area (Å²) in [7, 11) is 6.97. The van der Waals surface area contributed by atoms with Crippen molar-refractivity contribution in [2.75, 3.05) is 78.0 Å². The second-order valence-corrected chi connectivity index (χ2v) is 40.4. The van der Waals surface area contributed by atoms with Crippen LogP contribution in [0.4, 0.5) is 0 Å². The first-order chi connectivity index (χ1) is 68.2. The lowest BCUT2D eigenvalue weighted by Gasteiger charge is -2.31. The molecule has 0 saturated carbocycles. The van der Waals surface area contributed by atoms with Crippen LogP contribution in [0.1, 0.15) is 97.8 Å². The van der Waals surface area contributed by atoms with Crippen LogP contribution < -0.4 is 85.9 Å². The predicted octanol–water partition coefficient (Wildman–Crippen LogP) is -3.02. The van der Waals surface area contributed by atoms with Gasteiger partial charge in [0.2, 0.25) is 82.7 Å². The Morgan fingerprint density at radius 2 is 0.817 bits per heavy atom. The molecular weight excluding hydrogens is 1920 g/mol. The quantitative estimate of drug-likeness (QED) is 0.00788. The second kappa shape index (κ2) is 53.8. The number of carbonyl (C=O) groups is 16. The van der Waals surface area contributed by atoms with E-state index < -0.39 is 214 Å². The zero-order chi connectivity index (χ0) is 102. The number of likely N-dealkylation sites (tertiary alicyclic amines) is 4. The molecule has 5 aliphatic heterocycles. The fourth-order valence-corrected chi connectivity index (χ4v) is 22.7. The van der Waals surface area contributed by atoms with Crippen LogP contribution in [0.2, 0.25) is 0 Å². The van der Waals surface area contributed by atoms with Crippen LogP contribution in [0.25, 0.3) is 0 Å². The first-order valence-electron chi connectivity index (χ1n) is 46.5. The Labute approximate surface area is 833 Å². The van der Waals surface area contributed by atoms with Gasteiger partial charge in [0, 0.05) is 112 Å². The molecule has 11 rings (SSSR count). The van der Waals surface area contributed by atoms with Gasteiger partial charge in [-0.15, -0.1) is 0 Å². The van der Waals surface area contributed by atoms with Crippen molar-refractivity contribution in [3.63, 3.8) is 0 Å². The second-order valence-electron chi connectivity index (χ2n) is 35.0. The minimum Gasteiger partial charge on any atom is -0.508 e. The van der Waals surface area contributed by atoms with Crippen LogP contribution in [0.5, 0.6) is 11.5 Å². The SMILES string of the molecule is CNCC(=O)N[C@@H](CCCNC(=N)N)C(=O)N1C[C@@H]2C[C@H]1C(=O)NC(Cc1ccc(O)cc1)C(=O)N[C@H](C(=O)N[C@@H](Cc1c[nH]cn1)C(=O)N1CCC[C@H]1C(=O)N[C@@H](Cc1ccccc1)C(=O)O)CSSC[C@@H](C(=O)N[C@@H](Cc1c[nH]cn1)C(=O)N1CCC[C@H]1C(=O)N[C@@H](Cc1ccccc1)C(=O)O)NC(=O)[C@H](Cc1ccc(O)cc1)NC(=O)[C@@H]1C[C@@H](CN1C(=O)[C@H](CCCNC(=N)N)NC(=O)CNC)SS2. The van der Waals surface area contributed by atoms with Gasteiger partial charge in [0.05, 0.1) is 37.1 Å². The summed E-state index contributed by atoms with van der Waals surface area (Å²) in [5.41, 5.74) is 13.5. The molecule has 7 heterocycles. The number of carboxylic acid groups (broad SMARTS) is 2. The molecule has 26 N–H and O–H groups in total. The van der Waals surface area contributed by atoms with Crippen molar-refractivity contribution in [3.05, 3.63) is 168 Å². The van der Waals surface area contributed by atoms with Crippen LogP contribution in [-0.2, 0) is 115 Å². The van der Waals surface area contributed by atoms with Gasteiger partial charge in [-0.05, 0) is 125 Å². The summed E-state index contributed by atoms with van der Waals surface area (Å²) in [5, 5.41) is 94.7. The maximum atomic E-state index is 16.0. The number of H-pyrrole nitrogens is 2. The van der Waals surface area contributed by atoms with Gasteiger partial charge in [0.25, 0.3) is 0 Å². The standard InChI is InChI=1S/C92H122N26O20S4/c1-97-43-75(121)105-61(17-9-29-101-91(93)94)85(131)117-45-59-39-73(117)83(129)107-63(33-53-21-25-57(119)26-22-53)77(123)113-69(79(125)109-65(37-55-41-99-49-103-55)87(133)115-31-11-19-71(115)81(127)111-67(89(135)136)35-51-13-5-3-6-14-51)47-139-140-48-70(80(126)110-66(38-56-42-100-50-104-56)88(134)116-32-12-20-72(116)82(128)112-68(90(137)138)36-52-15-7-4-8-16-52)114-78(124)64(34-54-23-27-58(120)28-24-54)108-84(130)74-40-60(142-141-59)46-118(74)86(132)62(106-76(122)44-98-2)18-10-30-102-92(95)96/h3-8,13-16,21-28,41-42,49-50,59-74,97-98,119-120H,9-12,17-20,29-40,43-48H2,1-2H3,(H,99,103)(H,100,104)(H,105,121)(H,106,122)(H,107,129)(H,108,130)(H,109,125)(H,110,126)(H,111,127)(H,112,128)(H,113,123)(H,114,124)(H,135,136)(H,137,138)(H4,93,94,101)(H4,95,96,102)/t59-,60-,61-,62-,63-,64?,65-,66-,67-,68-,69-,70-,71-,72-,73-,74-/m0/s1. The van der Waals surface area contributed by atoms with E-state index in [-0.39, 0.29) is 177 Å². The molecule has 1 unspecified atom stereocenters. The topological polar surface area (TPSA) is 693 Å². The molecule has 2 aromatic heterocycles. The van der Waals surface area contributed by atoms with Crippen LogP contribution in [0.15, 0.2) is 134 Å². The molecule has 142 heavy (non-hydrogen) atoms. The number of amides is 14. The van der Waals surface area contributed by atoms with Gasteiger partial charge in [-0.25, -0.2) is 19.6 Å². The summed E-state index contributed by atoms with van der Waals surface area (Å²) in [5.74, 6) is -17.2. The summed E-state index contributed by atoms with van der Waals surface area (Å²) in [6.07, 6.45) is 4.13. The first-order valence-corrected chi connectivity index (χ1v) is 51.3. The number of carboxylic acids is 2. The molecule has 14 amide bonds. The summed E-state index contributed by atoms with van der Waals surface area (Å²) in [6.45, 7) is -0.949. The number of fused-ring (bicyclic) bond motifs is 4. The molecule has 16 atom stereocenters. The van der Waals surface area contributed by atoms with E-state index in [2.05, 4.69) is 94.4 Å². The lowest BCUT2D eigenvalue weighted by Crippen LogP contribution is -2.61. The van der Waals surface area contributed by atoms with E-state index in [1.54, 1.807) is 60.7 Å². The fraction of sp³-hybridized carbons (Fsp3) is 0.478. The number of benzene rings is 4. The number of likely N-dealkylation sites (N-methyl/N-ethyl adjacent to an activating group) is 2. The number of hydrogen-bond donors (Lipinski definition) is 24. The van der Waals surface area contributed by atoms with E-state index in [1.165, 1.54) is 129 Å². The highest BCUT2D eigenvalue weighted by molar-refractivity contribution is 8.77. The highest BCUT2D eigenvalue weighted by atomic mass is 33.1. The van der Waals surface area contributed by atoms with Crippen molar-refractivity contribution in [3.8, 4) is 11.5 Å². The number of aromatic nitrogens is 4. The zero-order valence-electron chi connectivity index (χ0n) is 78.1. The Morgan fingerprint density at radius 1 is 0.451 bits per heavy atom. The number of aliphatic carboxylic acids is 2. The maximum absolute atomic E-state index is 16.0. The number of nitrogens with two attached hydrogens (primary N) is 2. The average Bonchev–Trinajstić information content (AvgIpc) is 1.65. The Bertz CT molecular complexity index is 5050. The lowest BCUT2D eigenvalue weighted by atomic mass is 10.0. The van der Waals surface area contributed by atoms with E-state index in [0.29, 0.717) is 22.3 Å². The number of rotatable bonds is 40. The van der Waals surface area contributed by atoms with Crippen LogP contribution >= 0.6 is 43.2 Å². The van der Waals surface area contributed by atoms with E-state index in [4.69, 9.17) is 22.3 Å². The Hall–Kier alpha value is -13.7. The number of imidazole rings is 2. The van der Waals surface area contributed by atoms with Crippen molar-refractivity contribution in [2.24, 2.45) is 11.5 Å². The largest absolute Gasteiger partial charge is 0.508 e. The molecule has 0 aliphatic carbocycles. The monoisotopic (exact) mass is 2040 g/mol. The predicted molar refractivity (Wildman–Crippen MR) is 527 cm³/mol. The number of carbonyl (C=O) groups excluding carboxylic acids is 14. The highest BCUT2D eigenvalue weighted by Crippen LogP contribution is 2.43. The minimum atomic E-state index is -1.83. The van der Waals surface area contributed by atoms with E-state index in [0.717, 1.165) is 21.6 Å². The Balaban J connectivity index is 1.01. The summed E-state index contributed by atoms with van der Waals surface area (Å²) >= 11 is 0. The van der Waals surface area contributed by atoms with Gasteiger partial charge >= 0.3 is 11.9 Å². The summed E-state index contributed by atoms with van der Waals surface area (Å²) in [6, 6.07) is 6.60. The summed E-state index contributed by atoms with van der Waals surface area (Å²) in [4.78, 5) is 259. The molecule has 4 bridgehead atoms. The smallest absolute Gasteiger partial charge is 0.326 e. The van der Waals surface area contributed by atoms with Crippen molar-refractivity contribution in [2.45, 2.75) is 198 Å². The number of aromatic amines is 2. The zero-order valence-corrected chi connectivity index (χ0v) is 81.4. The van der Waals surface area contributed by atoms with Crippen LogP contribution in [0.3, 0.4) is 0 Å². The van der Waals surface area contributed by atoms with Gasteiger partial charge in [-0.2, -0.15) is 0 Å². The Kier molecular flexibility index (Phi) is 41.2. The van der Waals surface area contributed by atoms with Crippen LogP contribution in [0, 0.1) is 10.8 Å². The molecule has 6 aromatic rings. The van der Waals surface area contributed by atoms with E-state index in [1.807, 2.05) is 0 Å². The normalized spacial score (nSPS) is 21.5. The third-order valence-corrected chi connectivity index (χ3v) is 30.1. The van der Waals surface area contributed by atoms with Gasteiger partial charge in [0.1, 0.15) is 96.1 Å². The van der Waals surface area contributed by atoms with Crippen molar-refractivity contribution in [1.29, 1.82) is 10.8 Å². The molecule has 4 aromatic carbocycles. The Morgan fingerprint density at radius 3 is 1.16 bits per heavy atom. The van der Waals surface area contributed by atoms with Crippen molar-refractivity contribution >= 4 is 150 Å². The number of nitrogens with one attached hydrogen (secondary N) is 18. The van der Waals surface area contributed by atoms with Gasteiger partial charge < -0.3 is 136 Å². The molecule has 0 radical (unpaired) electrons. The van der Waals surface area contributed by atoms with E-state index in [9.17, 15) is 49.2 Å². The molecule has 5 saturated heterocycles.